The maximum atomic E-state index is 11.2. The van der Waals surface area contributed by atoms with Crippen LogP contribution in [0.1, 0.15) is 152 Å². The highest BCUT2D eigenvalue weighted by atomic mass is 16.3. The molecule has 8 atom stereocenters. The van der Waals surface area contributed by atoms with Gasteiger partial charge in [-0.25, -0.2) is 0 Å². The molecule has 0 aromatic carbocycles. The van der Waals surface area contributed by atoms with Crippen molar-refractivity contribution >= 4 is 0 Å². The Balaban J connectivity index is 0.000000908. The Kier molecular flexibility index (Phi) is 9.81. The van der Waals surface area contributed by atoms with E-state index in [1.165, 1.54) is 64.2 Å². The molecule has 0 spiro atoms. The zero-order chi connectivity index (χ0) is 26.4. The minimum Gasteiger partial charge on any atom is -0.393 e. The van der Waals surface area contributed by atoms with Crippen LogP contribution in [0, 0.1) is 45.8 Å². The Hall–Kier alpha value is -0.340. The molecule has 0 bridgehead atoms. The first-order chi connectivity index (χ1) is 16.9. The fourth-order valence-electron chi connectivity index (χ4n) is 9.90. The van der Waals surface area contributed by atoms with E-state index in [0.717, 1.165) is 55.8 Å². The lowest BCUT2D eigenvalue weighted by Crippen LogP contribution is -2.52. The van der Waals surface area contributed by atoms with Gasteiger partial charge in [0.2, 0.25) is 0 Å². The smallest absolute Gasteiger partial charge is 0.0648 e. The summed E-state index contributed by atoms with van der Waals surface area (Å²) in [6.07, 6.45) is 20.4. The number of fused-ring (bicyclic) bond motifs is 5. The number of hydrogen-bond donors (Lipinski definition) is 2. The number of aliphatic hydroxyl groups excluding tert-OH is 1. The van der Waals surface area contributed by atoms with Gasteiger partial charge in [0, 0.05) is 0 Å². The van der Waals surface area contributed by atoms with Crippen molar-refractivity contribution in [3.8, 4) is 0 Å². The summed E-state index contributed by atoms with van der Waals surface area (Å²) < 4.78 is 0. The molecular formula is C35H64O2. The number of allylic oxidation sites excluding steroid dienone is 1. The third-order valence-corrected chi connectivity index (χ3v) is 12.3. The SMILES string of the molecule is C.CC1C=C2CC(O)CCC2(C)C2CCC3(C)C(CCCC4(O)CCC(C)(C)CC4)CCC3C12.CCC. The second-order valence-electron chi connectivity index (χ2n) is 15.5. The first-order valence-corrected chi connectivity index (χ1v) is 16.0. The van der Waals surface area contributed by atoms with E-state index < -0.39 is 0 Å². The lowest BCUT2D eigenvalue weighted by Gasteiger charge is -2.59. The van der Waals surface area contributed by atoms with Crippen LogP contribution in [0.2, 0.25) is 0 Å². The summed E-state index contributed by atoms with van der Waals surface area (Å²) in [5.41, 5.74) is 2.48. The van der Waals surface area contributed by atoms with E-state index >= 15 is 0 Å². The quantitative estimate of drug-likeness (QED) is 0.365. The van der Waals surface area contributed by atoms with Gasteiger partial charge in [0.05, 0.1) is 11.7 Å². The molecule has 0 amide bonds. The maximum Gasteiger partial charge on any atom is 0.0648 e. The molecule has 0 aromatic heterocycles. The van der Waals surface area contributed by atoms with Crippen LogP contribution >= 0.6 is 0 Å². The maximum absolute atomic E-state index is 11.2. The normalized spacial score (nSPS) is 43.6. The average Bonchev–Trinajstić information content (AvgIpc) is 3.14. The molecule has 2 heteroatoms. The van der Waals surface area contributed by atoms with E-state index in [1.54, 1.807) is 5.57 Å². The zero-order valence-electron chi connectivity index (χ0n) is 25.0. The van der Waals surface area contributed by atoms with Gasteiger partial charge in [0.1, 0.15) is 0 Å². The van der Waals surface area contributed by atoms with E-state index in [4.69, 9.17) is 0 Å². The number of hydrogen-bond acceptors (Lipinski definition) is 2. The molecule has 0 radical (unpaired) electrons. The molecule has 2 N–H and O–H groups in total. The second kappa shape index (κ2) is 11.6. The summed E-state index contributed by atoms with van der Waals surface area (Å²) >= 11 is 0. The molecule has 0 aromatic rings. The predicted octanol–water partition coefficient (Wildman–Crippen LogP) is 9.73. The standard InChI is InChI=1S/C31H52O2.C3H8.CH4/c1-21-19-23-20-24(32)10-13-30(23,5)26-11-14-29(4)22(8-9-25(29)27(21)26)7-6-12-31(33)17-15-28(2,3)16-18-31;1-3-2;/h19,21-22,24-27,32-33H,6-18,20H2,1-5H3;3H2,1-2H3;1H4. The lowest BCUT2D eigenvalue weighted by molar-refractivity contribution is -0.0693. The van der Waals surface area contributed by atoms with Crippen molar-refractivity contribution in [1.29, 1.82) is 0 Å². The first-order valence-electron chi connectivity index (χ1n) is 16.0. The second-order valence-corrected chi connectivity index (χ2v) is 15.5. The van der Waals surface area contributed by atoms with Crippen LogP contribution in [-0.4, -0.2) is 21.9 Å². The highest BCUT2D eigenvalue weighted by Gasteiger charge is 2.59. The minimum atomic E-state index is -0.384. The Bertz CT molecular complexity index is 772. The van der Waals surface area contributed by atoms with Crippen molar-refractivity contribution in [1.82, 2.24) is 0 Å². The van der Waals surface area contributed by atoms with Crippen molar-refractivity contribution in [3.05, 3.63) is 11.6 Å². The molecule has 5 aliphatic carbocycles. The van der Waals surface area contributed by atoms with Gasteiger partial charge in [-0.05, 0) is 129 Å². The molecule has 0 aliphatic heterocycles. The largest absolute Gasteiger partial charge is 0.393 e. The number of aliphatic hydroxyl groups is 2. The van der Waals surface area contributed by atoms with Gasteiger partial charge in [0.15, 0.2) is 0 Å². The summed E-state index contributed by atoms with van der Waals surface area (Å²) in [5.74, 6) is 4.05. The Morgan fingerprint density at radius 1 is 0.865 bits per heavy atom. The van der Waals surface area contributed by atoms with Crippen LogP contribution in [0.4, 0.5) is 0 Å². The van der Waals surface area contributed by atoms with Gasteiger partial charge in [-0.2, -0.15) is 0 Å². The molecule has 4 saturated carbocycles. The highest BCUT2D eigenvalue weighted by Crippen LogP contribution is 2.67. The Morgan fingerprint density at radius 3 is 2.16 bits per heavy atom. The Labute approximate surface area is 231 Å². The van der Waals surface area contributed by atoms with Gasteiger partial charge in [0.25, 0.3) is 0 Å². The van der Waals surface area contributed by atoms with Crippen molar-refractivity contribution in [3.63, 3.8) is 0 Å². The molecular weight excluding hydrogens is 452 g/mol. The van der Waals surface area contributed by atoms with Crippen LogP contribution in [-0.2, 0) is 0 Å². The summed E-state index contributed by atoms with van der Waals surface area (Å²) in [6.45, 7) is 16.7. The fourth-order valence-corrected chi connectivity index (χ4v) is 9.90. The van der Waals surface area contributed by atoms with Gasteiger partial charge < -0.3 is 10.2 Å². The molecule has 0 saturated heterocycles. The first kappa shape index (κ1) is 31.2. The van der Waals surface area contributed by atoms with E-state index in [9.17, 15) is 10.2 Å². The lowest BCUT2D eigenvalue weighted by atomic mass is 9.45. The molecule has 8 unspecified atom stereocenters. The van der Waals surface area contributed by atoms with Crippen LogP contribution < -0.4 is 0 Å². The molecule has 2 nitrogen and oxygen atoms in total. The summed E-state index contributed by atoms with van der Waals surface area (Å²) in [6, 6.07) is 0. The van der Waals surface area contributed by atoms with Crippen molar-refractivity contribution in [2.45, 2.75) is 164 Å². The third-order valence-electron chi connectivity index (χ3n) is 12.3. The van der Waals surface area contributed by atoms with Gasteiger partial charge in [-0.15, -0.1) is 0 Å². The molecule has 4 fully saturated rings. The van der Waals surface area contributed by atoms with Crippen molar-refractivity contribution in [2.75, 3.05) is 0 Å². The molecule has 5 aliphatic rings. The van der Waals surface area contributed by atoms with E-state index in [2.05, 4.69) is 54.5 Å². The topological polar surface area (TPSA) is 40.5 Å². The minimum absolute atomic E-state index is 0. The molecule has 216 valence electrons. The molecule has 5 rings (SSSR count). The molecule has 0 heterocycles. The van der Waals surface area contributed by atoms with Gasteiger partial charge >= 0.3 is 0 Å². The predicted molar refractivity (Wildman–Crippen MR) is 159 cm³/mol. The van der Waals surface area contributed by atoms with Crippen LogP contribution in [0.5, 0.6) is 0 Å². The fraction of sp³-hybridized carbons (Fsp3) is 0.943. The van der Waals surface area contributed by atoms with Crippen molar-refractivity contribution < 1.29 is 10.2 Å². The van der Waals surface area contributed by atoms with Crippen LogP contribution in [0.15, 0.2) is 11.6 Å². The highest BCUT2D eigenvalue weighted by molar-refractivity contribution is 5.26. The zero-order valence-corrected chi connectivity index (χ0v) is 25.0. The van der Waals surface area contributed by atoms with E-state index in [1.807, 2.05) is 0 Å². The summed E-state index contributed by atoms with van der Waals surface area (Å²) in [4.78, 5) is 0. The van der Waals surface area contributed by atoms with Crippen LogP contribution in [0.3, 0.4) is 0 Å². The number of rotatable bonds is 4. The average molecular weight is 517 g/mol. The third kappa shape index (κ3) is 6.06. The Morgan fingerprint density at radius 2 is 1.51 bits per heavy atom. The van der Waals surface area contributed by atoms with Crippen LogP contribution in [0.25, 0.3) is 0 Å². The summed E-state index contributed by atoms with van der Waals surface area (Å²) in [5, 5.41) is 21.5. The van der Waals surface area contributed by atoms with Gasteiger partial charge in [-0.1, -0.05) is 80.4 Å². The van der Waals surface area contributed by atoms with Gasteiger partial charge in [-0.3, -0.25) is 0 Å². The van der Waals surface area contributed by atoms with E-state index in [0.29, 0.717) is 22.2 Å². The monoisotopic (exact) mass is 516 g/mol. The summed E-state index contributed by atoms with van der Waals surface area (Å²) in [7, 11) is 0. The van der Waals surface area contributed by atoms with E-state index in [-0.39, 0.29) is 19.1 Å². The molecule has 37 heavy (non-hydrogen) atoms. The van der Waals surface area contributed by atoms with Crippen molar-refractivity contribution in [2.24, 2.45) is 45.8 Å².